The zero-order chi connectivity index (χ0) is 17.9. The number of hydrogen-bond donors (Lipinski definition) is 1. The first-order chi connectivity index (χ1) is 12.0. The Labute approximate surface area is 154 Å². The van der Waals surface area contributed by atoms with Crippen LogP contribution in [0, 0.1) is 0 Å². The van der Waals surface area contributed by atoms with Gasteiger partial charge in [-0.05, 0) is 45.8 Å². The van der Waals surface area contributed by atoms with E-state index in [-0.39, 0.29) is 11.4 Å². The molecule has 3 rings (SSSR count). The molecule has 0 saturated carbocycles. The third-order valence-electron chi connectivity index (χ3n) is 3.66. The highest BCUT2D eigenvalue weighted by Crippen LogP contribution is 2.27. The number of imidazole rings is 1. The molecule has 0 fully saturated rings. The minimum Gasteiger partial charge on any atom is -0.496 e. The summed E-state index contributed by atoms with van der Waals surface area (Å²) in [5, 5.41) is 0. The summed E-state index contributed by atoms with van der Waals surface area (Å²) >= 11 is 3.31. The van der Waals surface area contributed by atoms with Crippen LogP contribution in [0.25, 0.3) is 5.69 Å². The Morgan fingerprint density at radius 3 is 2.72 bits per heavy atom. The van der Waals surface area contributed by atoms with E-state index in [0.717, 1.165) is 11.3 Å². The molecule has 0 bridgehead atoms. The molecule has 1 heterocycles. The van der Waals surface area contributed by atoms with Crippen molar-refractivity contribution in [1.82, 2.24) is 14.3 Å². The maximum atomic E-state index is 12.6. The topological polar surface area (TPSA) is 73.2 Å². The molecule has 8 heteroatoms. The molecule has 0 aliphatic heterocycles. The van der Waals surface area contributed by atoms with Crippen LogP contribution in [0.3, 0.4) is 0 Å². The van der Waals surface area contributed by atoms with Crippen molar-refractivity contribution >= 4 is 26.0 Å². The van der Waals surface area contributed by atoms with E-state index in [9.17, 15) is 8.42 Å². The van der Waals surface area contributed by atoms with Gasteiger partial charge in [0.05, 0.1) is 28.5 Å². The van der Waals surface area contributed by atoms with Crippen LogP contribution < -0.4 is 9.46 Å². The first-order valence-corrected chi connectivity index (χ1v) is 9.68. The van der Waals surface area contributed by atoms with Crippen LogP contribution >= 0.6 is 15.9 Å². The van der Waals surface area contributed by atoms with Crippen molar-refractivity contribution in [3.63, 3.8) is 0 Å². The largest absolute Gasteiger partial charge is 0.496 e. The summed E-state index contributed by atoms with van der Waals surface area (Å²) < 4.78 is 35.3. The smallest absolute Gasteiger partial charge is 0.240 e. The van der Waals surface area contributed by atoms with Crippen LogP contribution in [0.2, 0.25) is 0 Å². The van der Waals surface area contributed by atoms with E-state index in [1.165, 1.54) is 19.2 Å². The number of nitrogens with one attached hydrogen (secondary N) is 1. The molecule has 1 N–H and O–H groups in total. The number of para-hydroxylation sites is 1. The highest BCUT2D eigenvalue weighted by atomic mass is 79.9. The first kappa shape index (κ1) is 17.7. The monoisotopic (exact) mass is 421 g/mol. The van der Waals surface area contributed by atoms with Crippen molar-refractivity contribution in [3.05, 3.63) is 71.2 Å². The minimum absolute atomic E-state index is 0.167. The quantitative estimate of drug-likeness (QED) is 0.663. The van der Waals surface area contributed by atoms with Gasteiger partial charge in [0.2, 0.25) is 10.0 Å². The summed E-state index contributed by atoms with van der Waals surface area (Å²) in [6.07, 6.45) is 5.16. The molecule has 0 amide bonds. The Kier molecular flexibility index (Phi) is 5.22. The Morgan fingerprint density at radius 1 is 1.24 bits per heavy atom. The molecule has 0 saturated heterocycles. The lowest BCUT2D eigenvalue weighted by molar-refractivity contribution is 0.411. The number of sulfonamides is 1. The lowest BCUT2D eigenvalue weighted by atomic mass is 10.2. The SMILES string of the molecule is COc1ccc(S(=O)(=O)NCc2ccccc2-n2ccnc2)cc1Br. The van der Waals surface area contributed by atoms with Crippen LogP contribution in [-0.2, 0) is 16.6 Å². The standard InChI is InChI=1S/C17H16BrN3O3S/c1-24-17-7-6-14(10-15(17)18)25(22,23)20-11-13-4-2-3-5-16(13)21-9-8-19-12-21/h2-10,12,20H,11H2,1H3. The molecular formula is C17H16BrN3O3S. The second-order valence-corrected chi connectivity index (χ2v) is 7.84. The van der Waals surface area contributed by atoms with Gasteiger partial charge in [0.25, 0.3) is 0 Å². The van der Waals surface area contributed by atoms with Gasteiger partial charge in [0.1, 0.15) is 5.75 Å². The Hall–Kier alpha value is -2.16. The van der Waals surface area contributed by atoms with Crippen LogP contribution in [0.4, 0.5) is 0 Å². The van der Waals surface area contributed by atoms with Gasteiger partial charge in [0, 0.05) is 18.9 Å². The third kappa shape index (κ3) is 3.92. The summed E-state index contributed by atoms with van der Waals surface area (Å²) in [7, 11) is -2.12. The summed E-state index contributed by atoms with van der Waals surface area (Å²) in [5.74, 6) is 0.574. The van der Waals surface area contributed by atoms with Crippen molar-refractivity contribution < 1.29 is 13.2 Å². The van der Waals surface area contributed by atoms with E-state index in [1.54, 1.807) is 18.6 Å². The van der Waals surface area contributed by atoms with Gasteiger partial charge in [-0.15, -0.1) is 0 Å². The van der Waals surface area contributed by atoms with Gasteiger partial charge in [-0.2, -0.15) is 0 Å². The molecule has 0 aliphatic carbocycles. The Bertz CT molecular complexity index is 973. The van der Waals surface area contributed by atoms with Crippen LogP contribution in [-0.4, -0.2) is 25.1 Å². The van der Waals surface area contributed by atoms with Crippen molar-refractivity contribution in [1.29, 1.82) is 0 Å². The highest BCUT2D eigenvalue weighted by molar-refractivity contribution is 9.10. The number of benzene rings is 2. The second-order valence-electron chi connectivity index (χ2n) is 5.22. The lowest BCUT2D eigenvalue weighted by Crippen LogP contribution is -2.24. The number of aromatic nitrogens is 2. The molecule has 1 aromatic heterocycles. The molecule has 0 aliphatic rings. The molecule has 0 spiro atoms. The predicted molar refractivity (Wildman–Crippen MR) is 98.3 cm³/mol. The minimum atomic E-state index is -3.65. The molecular weight excluding hydrogens is 406 g/mol. The van der Waals surface area contributed by atoms with Crippen molar-refractivity contribution in [3.8, 4) is 11.4 Å². The van der Waals surface area contributed by atoms with Crippen LogP contribution in [0.15, 0.2) is 70.6 Å². The zero-order valence-electron chi connectivity index (χ0n) is 13.4. The molecule has 130 valence electrons. The number of rotatable bonds is 6. The highest BCUT2D eigenvalue weighted by Gasteiger charge is 2.16. The number of nitrogens with zero attached hydrogens (tertiary/aromatic N) is 2. The maximum Gasteiger partial charge on any atom is 0.240 e. The summed E-state index contributed by atoms with van der Waals surface area (Å²) in [5.41, 5.74) is 1.72. The predicted octanol–water partition coefficient (Wildman–Crippen LogP) is 3.12. The van der Waals surface area contributed by atoms with Crippen LogP contribution in [0.1, 0.15) is 5.56 Å². The van der Waals surface area contributed by atoms with Gasteiger partial charge in [-0.25, -0.2) is 18.1 Å². The average molecular weight is 422 g/mol. The van der Waals surface area contributed by atoms with E-state index < -0.39 is 10.0 Å². The lowest BCUT2D eigenvalue weighted by Gasteiger charge is -2.12. The van der Waals surface area contributed by atoms with Gasteiger partial charge < -0.3 is 9.30 Å². The third-order valence-corrected chi connectivity index (χ3v) is 5.68. The summed E-state index contributed by atoms with van der Waals surface area (Å²) in [6, 6.07) is 12.2. The second kappa shape index (κ2) is 7.38. The fraction of sp³-hybridized carbons (Fsp3) is 0.118. The van der Waals surface area contributed by atoms with Crippen LogP contribution in [0.5, 0.6) is 5.75 Å². The Morgan fingerprint density at radius 2 is 2.04 bits per heavy atom. The maximum absolute atomic E-state index is 12.6. The number of hydrogen-bond acceptors (Lipinski definition) is 4. The molecule has 0 atom stereocenters. The van der Waals surface area contributed by atoms with E-state index in [0.29, 0.717) is 10.2 Å². The molecule has 6 nitrogen and oxygen atoms in total. The Balaban J connectivity index is 1.83. The first-order valence-electron chi connectivity index (χ1n) is 7.41. The van der Waals surface area contributed by atoms with Gasteiger partial charge in [0.15, 0.2) is 0 Å². The number of methoxy groups -OCH3 is 1. The molecule has 25 heavy (non-hydrogen) atoms. The van der Waals surface area contributed by atoms with Gasteiger partial charge in [-0.3, -0.25) is 0 Å². The zero-order valence-corrected chi connectivity index (χ0v) is 15.8. The van der Waals surface area contributed by atoms with Crippen molar-refractivity contribution in [2.24, 2.45) is 0 Å². The summed E-state index contributed by atoms with van der Waals surface area (Å²) in [4.78, 5) is 4.20. The van der Waals surface area contributed by atoms with E-state index in [2.05, 4.69) is 25.6 Å². The normalized spacial score (nSPS) is 11.4. The van der Waals surface area contributed by atoms with E-state index in [1.807, 2.05) is 35.0 Å². The average Bonchev–Trinajstić information content (AvgIpc) is 3.14. The fourth-order valence-electron chi connectivity index (χ4n) is 2.38. The summed E-state index contributed by atoms with van der Waals surface area (Å²) in [6.45, 7) is 0.167. The molecule has 2 aromatic carbocycles. The molecule has 0 unspecified atom stereocenters. The molecule has 0 radical (unpaired) electrons. The van der Waals surface area contributed by atoms with Gasteiger partial charge >= 0.3 is 0 Å². The van der Waals surface area contributed by atoms with Crippen molar-refractivity contribution in [2.45, 2.75) is 11.4 Å². The van der Waals surface area contributed by atoms with Crippen molar-refractivity contribution in [2.75, 3.05) is 7.11 Å². The van der Waals surface area contributed by atoms with Gasteiger partial charge in [-0.1, -0.05) is 18.2 Å². The number of ether oxygens (including phenoxy) is 1. The molecule has 3 aromatic rings. The number of halogens is 1. The fourth-order valence-corrected chi connectivity index (χ4v) is 4.11. The van der Waals surface area contributed by atoms with E-state index in [4.69, 9.17) is 4.74 Å². The van der Waals surface area contributed by atoms with E-state index >= 15 is 0 Å².